The Hall–Kier alpha value is -1.10. The van der Waals surface area contributed by atoms with Gasteiger partial charge in [0.15, 0.2) is 0 Å². The molecule has 1 aliphatic carbocycles. The summed E-state index contributed by atoms with van der Waals surface area (Å²) in [6.07, 6.45) is 9.49. The van der Waals surface area contributed by atoms with Crippen molar-refractivity contribution in [1.29, 1.82) is 0 Å². The highest BCUT2D eigenvalue weighted by atomic mass is 16.5. The Balaban J connectivity index is 2.53. The maximum atomic E-state index is 12.4. The first-order valence-corrected chi connectivity index (χ1v) is 10.5. The highest BCUT2D eigenvalue weighted by Crippen LogP contribution is 2.22. The van der Waals surface area contributed by atoms with Gasteiger partial charge >= 0.3 is 5.97 Å². The van der Waals surface area contributed by atoms with Crippen LogP contribution in [-0.4, -0.2) is 30.6 Å². The number of carbonyl (C=O) groups excluding carboxylic acids is 2. The molecule has 0 saturated heterocycles. The van der Waals surface area contributed by atoms with Gasteiger partial charge in [-0.05, 0) is 43.9 Å². The first-order valence-electron chi connectivity index (χ1n) is 10.5. The normalized spacial score (nSPS) is 23.5. The zero-order chi connectivity index (χ0) is 19.5. The average molecular weight is 369 g/mol. The molecule has 1 amide bonds. The highest BCUT2D eigenvalue weighted by Gasteiger charge is 2.22. The van der Waals surface area contributed by atoms with Crippen LogP contribution >= 0.6 is 0 Å². The fourth-order valence-electron chi connectivity index (χ4n) is 3.50. The van der Waals surface area contributed by atoms with Gasteiger partial charge in [0.25, 0.3) is 0 Å². The van der Waals surface area contributed by atoms with E-state index in [0.717, 1.165) is 32.1 Å². The molecule has 26 heavy (non-hydrogen) atoms. The summed E-state index contributed by atoms with van der Waals surface area (Å²) in [6.45, 7) is 8.40. The summed E-state index contributed by atoms with van der Waals surface area (Å²) < 4.78 is 5.46. The van der Waals surface area contributed by atoms with E-state index >= 15 is 0 Å². The van der Waals surface area contributed by atoms with Crippen LogP contribution < -0.4 is 11.1 Å². The first-order chi connectivity index (χ1) is 12.3. The van der Waals surface area contributed by atoms with Gasteiger partial charge in [0.1, 0.15) is 0 Å². The predicted molar refractivity (Wildman–Crippen MR) is 106 cm³/mol. The van der Waals surface area contributed by atoms with E-state index in [9.17, 15) is 9.59 Å². The summed E-state index contributed by atoms with van der Waals surface area (Å²) in [4.78, 5) is 24.1. The van der Waals surface area contributed by atoms with Gasteiger partial charge in [-0.25, -0.2) is 0 Å². The van der Waals surface area contributed by atoms with Crippen molar-refractivity contribution < 1.29 is 14.3 Å². The van der Waals surface area contributed by atoms with E-state index in [2.05, 4.69) is 19.2 Å². The topological polar surface area (TPSA) is 81.4 Å². The Morgan fingerprint density at radius 2 is 1.65 bits per heavy atom. The van der Waals surface area contributed by atoms with Crippen molar-refractivity contribution in [2.24, 2.45) is 23.5 Å². The quantitative estimate of drug-likeness (QED) is 0.670. The lowest BCUT2D eigenvalue weighted by Gasteiger charge is -2.25. The number of rotatable bonds is 7. The van der Waals surface area contributed by atoms with Crippen LogP contribution in [0.4, 0.5) is 0 Å². The van der Waals surface area contributed by atoms with Crippen molar-refractivity contribution in [1.82, 2.24) is 5.32 Å². The minimum Gasteiger partial charge on any atom is -0.465 e. The second kappa shape index (κ2) is 12.3. The van der Waals surface area contributed by atoms with Gasteiger partial charge in [-0.15, -0.1) is 0 Å². The van der Waals surface area contributed by atoms with Crippen LogP contribution in [0, 0.1) is 17.8 Å². The van der Waals surface area contributed by atoms with Crippen LogP contribution in [0.25, 0.3) is 0 Å². The SMILES string of the molecule is CC(C)CC(N)C(=O)NC1CCCCCCC(COC(=O)C(C)C)CC1. The Morgan fingerprint density at radius 3 is 2.27 bits per heavy atom. The molecule has 0 aromatic heterocycles. The average Bonchev–Trinajstić information content (AvgIpc) is 2.58. The zero-order valence-corrected chi connectivity index (χ0v) is 17.3. The summed E-state index contributed by atoms with van der Waals surface area (Å²) >= 11 is 0. The minimum absolute atomic E-state index is 0.0245. The van der Waals surface area contributed by atoms with Crippen molar-refractivity contribution in [2.45, 2.75) is 97.6 Å². The molecule has 0 aromatic carbocycles. The maximum Gasteiger partial charge on any atom is 0.308 e. The van der Waals surface area contributed by atoms with Gasteiger partial charge in [-0.2, -0.15) is 0 Å². The lowest BCUT2D eigenvalue weighted by molar-refractivity contribution is -0.148. The number of esters is 1. The van der Waals surface area contributed by atoms with Gasteiger partial charge in [0, 0.05) is 6.04 Å². The number of amides is 1. The molecule has 5 nitrogen and oxygen atoms in total. The lowest BCUT2D eigenvalue weighted by Crippen LogP contribution is -2.46. The van der Waals surface area contributed by atoms with E-state index < -0.39 is 6.04 Å². The molecule has 1 aliphatic rings. The Bertz CT molecular complexity index is 423. The van der Waals surface area contributed by atoms with E-state index in [1.54, 1.807) is 0 Å². The van der Waals surface area contributed by atoms with Gasteiger partial charge < -0.3 is 15.8 Å². The Kier molecular flexibility index (Phi) is 10.9. The summed E-state index contributed by atoms with van der Waals surface area (Å²) in [5, 5.41) is 3.17. The smallest absolute Gasteiger partial charge is 0.308 e. The molecular weight excluding hydrogens is 328 g/mol. The third-order valence-corrected chi connectivity index (χ3v) is 5.18. The van der Waals surface area contributed by atoms with Crippen LogP contribution in [0.5, 0.6) is 0 Å². The van der Waals surface area contributed by atoms with Crippen molar-refractivity contribution >= 4 is 11.9 Å². The fourth-order valence-corrected chi connectivity index (χ4v) is 3.50. The number of ether oxygens (including phenoxy) is 1. The van der Waals surface area contributed by atoms with Crippen molar-refractivity contribution in [3.63, 3.8) is 0 Å². The minimum atomic E-state index is -0.423. The van der Waals surface area contributed by atoms with Gasteiger partial charge in [-0.3, -0.25) is 9.59 Å². The molecule has 0 aromatic rings. The summed E-state index contributed by atoms with van der Waals surface area (Å²) in [5.74, 6) is 0.582. The zero-order valence-electron chi connectivity index (χ0n) is 17.3. The molecule has 1 rings (SSSR count). The van der Waals surface area contributed by atoms with E-state index in [-0.39, 0.29) is 23.8 Å². The van der Waals surface area contributed by atoms with Crippen LogP contribution in [0.1, 0.15) is 85.5 Å². The molecule has 0 spiro atoms. The van der Waals surface area contributed by atoms with E-state index in [1.807, 2.05) is 13.8 Å². The predicted octanol–water partition coefficient (Wildman–Crippen LogP) is 3.79. The molecule has 3 unspecified atom stereocenters. The summed E-state index contributed by atoms with van der Waals surface area (Å²) in [5.41, 5.74) is 6.03. The monoisotopic (exact) mass is 368 g/mol. The van der Waals surface area contributed by atoms with E-state index in [4.69, 9.17) is 10.5 Å². The summed E-state index contributed by atoms with van der Waals surface area (Å²) in [7, 11) is 0. The molecule has 5 heteroatoms. The largest absolute Gasteiger partial charge is 0.465 e. The van der Waals surface area contributed by atoms with Crippen molar-refractivity contribution in [3.8, 4) is 0 Å². The van der Waals surface area contributed by atoms with Crippen LogP contribution in [0.2, 0.25) is 0 Å². The molecule has 3 N–H and O–H groups in total. The molecule has 1 fully saturated rings. The van der Waals surface area contributed by atoms with Gasteiger partial charge in [0.2, 0.25) is 5.91 Å². The molecule has 152 valence electrons. The van der Waals surface area contributed by atoms with Crippen molar-refractivity contribution in [3.05, 3.63) is 0 Å². The van der Waals surface area contributed by atoms with Crippen molar-refractivity contribution in [2.75, 3.05) is 6.61 Å². The maximum absolute atomic E-state index is 12.4. The Morgan fingerprint density at radius 1 is 1.00 bits per heavy atom. The summed E-state index contributed by atoms with van der Waals surface area (Å²) in [6, 6.07) is -0.240. The standard InChI is InChI=1S/C21H40N2O3/c1-15(2)13-19(22)20(24)23-18-10-8-6-5-7-9-17(11-12-18)14-26-21(25)16(3)4/h15-19H,5-14,22H2,1-4H3,(H,23,24). The van der Waals surface area contributed by atoms with Crippen LogP contribution in [0.15, 0.2) is 0 Å². The van der Waals surface area contributed by atoms with Crippen LogP contribution in [0.3, 0.4) is 0 Å². The van der Waals surface area contributed by atoms with E-state index in [1.165, 1.54) is 19.3 Å². The number of carbonyl (C=O) groups is 2. The Labute approximate surface area is 159 Å². The molecule has 0 bridgehead atoms. The van der Waals surface area contributed by atoms with Crippen LogP contribution in [-0.2, 0) is 14.3 Å². The second-order valence-electron chi connectivity index (χ2n) is 8.66. The molecule has 1 saturated carbocycles. The molecule has 0 radical (unpaired) electrons. The number of hydrogen-bond acceptors (Lipinski definition) is 4. The number of nitrogens with one attached hydrogen (secondary N) is 1. The van der Waals surface area contributed by atoms with E-state index in [0.29, 0.717) is 24.9 Å². The number of nitrogens with two attached hydrogens (primary N) is 1. The molecule has 0 aliphatic heterocycles. The second-order valence-corrected chi connectivity index (χ2v) is 8.66. The molecule has 0 heterocycles. The fraction of sp³-hybridized carbons (Fsp3) is 0.905. The lowest BCUT2D eigenvalue weighted by atomic mass is 9.90. The molecule has 3 atom stereocenters. The van der Waals surface area contributed by atoms with Gasteiger partial charge in [-0.1, -0.05) is 53.4 Å². The molecular formula is C21H40N2O3. The third kappa shape index (κ3) is 9.56. The number of hydrogen-bond donors (Lipinski definition) is 2. The van der Waals surface area contributed by atoms with Gasteiger partial charge in [0.05, 0.1) is 18.6 Å². The first kappa shape index (κ1) is 22.9. The highest BCUT2D eigenvalue weighted by molar-refractivity contribution is 5.81. The third-order valence-electron chi connectivity index (χ3n) is 5.18.